The Morgan fingerprint density at radius 1 is 1.24 bits per heavy atom. The zero-order valence-corrected chi connectivity index (χ0v) is 15.0. The Labute approximate surface area is 148 Å². The summed E-state index contributed by atoms with van der Waals surface area (Å²) in [5, 5.41) is 7.42. The zero-order valence-electron chi connectivity index (χ0n) is 15.0. The lowest BCUT2D eigenvalue weighted by molar-refractivity contribution is -0.134. The Morgan fingerprint density at radius 2 is 1.92 bits per heavy atom. The van der Waals surface area contributed by atoms with Gasteiger partial charge in [0.1, 0.15) is 0 Å². The number of carboxylic acid groups (broad SMARTS) is 1. The number of nitrogens with zero attached hydrogens (tertiary/aromatic N) is 3. The van der Waals surface area contributed by atoms with Crippen molar-refractivity contribution in [1.82, 2.24) is 14.8 Å². The van der Waals surface area contributed by atoms with Gasteiger partial charge in [0.2, 0.25) is 0 Å². The Balaban J connectivity index is 0.000000511. The van der Waals surface area contributed by atoms with E-state index in [-0.39, 0.29) is 5.91 Å². The minimum Gasteiger partial charge on any atom is -0.481 e. The van der Waals surface area contributed by atoms with Crippen LogP contribution in [0.25, 0.3) is 0 Å². The summed E-state index contributed by atoms with van der Waals surface area (Å²) in [4.78, 5) is 30.1. The molecule has 138 valence electrons. The predicted molar refractivity (Wildman–Crippen MR) is 93.7 cm³/mol. The Kier molecular flexibility index (Phi) is 7.33. The van der Waals surface area contributed by atoms with Gasteiger partial charge in [-0.1, -0.05) is 0 Å². The van der Waals surface area contributed by atoms with Crippen LogP contribution in [0.5, 0.6) is 0 Å². The van der Waals surface area contributed by atoms with Crippen LogP contribution in [0.3, 0.4) is 0 Å². The maximum atomic E-state index is 12.4. The van der Waals surface area contributed by atoms with Crippen LogP contribution < -0.4 is 0 Å². The van der Waals surface area contributed by atoms with Crippen molar-refractivity contribution in [2.24, 2.45) is 0 Å². The summed E-state index contributed by atoms with van der Waals surface area (Å²) in [6, 6.07) is 3.95. The average molecular weight is 349 g/mol. The van der Waals surface area contributed by atoms with Gasteiger partial charge in [-0.05, 0) is 38.6 Å². The van der Waals surface area contributed by atoms with Crippen molar-refractivity contribution in [1.29, 1.82) is 0 Å². The maximum Gasteiger partial charge on any atom is 0.300 e. The number of rotatable bonds is 2. The summed E-state index contributed by atoms with van der Waals surface area (Å²) in [6.07, 6.45) is 4.15. The highest BCUT2D eigenvalue weighted by molar-refractivity contribution is 5.94. The van der Waals surface area contributed by atoms with Crippen molar-refractivity contribution in [3.63, 3.8) is 0 Å². The van der Waals surface area contributed by atoms with E-state index in [0.29, 0.717) is 37.8 Å². The van der Waals surface area contributed by atoms with Gasteiger partial charge in [0.15, 0.2) is 0 Å². The first-order chi connectivity index (χ1) is 12.0. The Hall–Kier alpha value is -1.99. The van der Waals surface area contributed by atoms with Gasteiger partial charge < -0.3 is 19.6 Å². The van der Waals surface area contributed by atoms with Crippen LogP contribution in [0.1, 0.15) is 41.7 Å². The number of likely N-dealkylation sites (N-methyl/N-ethyl adjacent to an activating group) is 1. The van der Waals surface area contributed by atoms with E-state index in [1.165, 1.54) is 19.4 Å². The first-order valence-electron chi connectivity index (χ1n) is 8.68. The van der Waals surface area contributed by atoms with Crippen LogP contribution in [0, 0.1) is 0 Å². The van der Waals surface area contributed by atoms with Crippen molar-refractivity contribution < 1.29 is 19.4 Å². The molecule has 1 aromatic heterocycles. The molecule has 2 fully saturated rings. The lowest BCUT2D eigenvalue weighted by atomic mass is 9.94. The van der Waals surface area contributed by atoms with Gasteiger partial charge in [-0.25, -0.2) is 0 Å². The predicted octanol–water partition coefficient (Wildman–Crippen LogP) is 1.45. The van der Waals surface area contributed by atoms with Gasteiger partial charge in [0.05, 0.1) is 18.8 Å². The molecule has 0 aromatic carbocycles. The zero-order chi connectivity index (χ0) is 18.2. The molecule has 2 saturated heterocycles. The Morgan fingerprint density at radius 3 is 2.48 bits per heavy atom. The molecule has 0 aliphatic carbocycles. The number of ether oxygens (including phenoxy) is 1. The number of carbonyl (C=O) groups excluding carboxylic acids is 1. The summed E-state index contributed by atoms with van der Waals surface area (Å²) < 4.78 is 5.28. The van der Waals surface area contributed by atoms with E-state index < -0.39 is 5.97 Å². The van der Waals surface area contributed by atoms with Gasteiger partial charge in [-0.2, -0.15) is 0 Å². The fourth-order valence-corrected chi connectivity index (χ4v) is 3.13. The average Bonchev–Trinajstić information content (AvgIpc) is 2.61. The van der Waals surface area contributed by atoms with Crippen molar-refractivity contribution in [2.45, 2.75) is 25.7 Å². The first-order valence-corrected chi connectivity index (χ1v) is 8.68. The Bertz CT molecular complexity index is 566. The molecule has 0 bridgehead atoms. The summed E-state index contributed by atoms with van der Waals surface area (Å²) in [7, 11) is 2.16. The largest absolute Gasteiger partial charge is 0.481 e. The second-order valence-electron chi connectivity index (χ2n) is 6.50. The van der Waals surface area contributed by atoms with E-state index in [9.17, 15) is 4.79 Å². The molecule has 1 aromatic rings. The number of amides is 1. The molecule has 7 nitrogen and oxygen atoms in total. The number of carboxylic acids is 1. The van der Waals surface area contributed by atoms with Crippen LogP contribution in [-0.2, 0) is 9.53 Å². The second-order valence-corrected chi connectivity index (χ2v) is 6.50. The highest BCUT2D eigenvalue weighted by Crippen LogP contribution is 2.24. The molecule has 3 rings (SSSR count). The number of carbonyl (C=O) groups is 2. The molecule has 0 radical (unpaired) electrons. The standard InChI is InChI=1S/C16H23N3O2.C2H4O2/c1-18-6-2-3-14(12-18)15-5-4-13(11-17-15)16(20)19-7-9-21-10-8-19;1-2(3)4/h4-5,11,14H,2-3,6-10,12H2,1H3;1H3,(H,3,4). The number of aromatic nitrogens is 1. The van der Waals surface area contributed by atoms with E-state index in [1.54, 1.807) is 6.20 Å². The number of pyridine rings is 1. The van der Waals surface area contributed by atoms with Gasteiger partial charge in [-0.3, -0.25) is 14.6 Å². The van der Waals surface area contributed by atoms with Gasteiger partial charge in [0, 0.05) is 44.4 Å². The number of morpholine rings is 1. The first kappa shape index (κ1) is 19.3. The van der Waals surface area contributed by atoms with Crippen LogP contribution >= 0.6 is 0 Å². The monoisotopic (exact) mass is 349 g/mol. The lowest BCUT2D eigenvalue weighted by Crippen LogP contribution is -2.40. The topological polar surface area (TPSA) is 83.0 Å². The summed E-state index contributed by atoms with van der Waals surface area (Å²) in [5.41, 5.74) is 1.80. The molecular formula is C18H27N3O4. The number of aliphatic carboxylic acids is 1. The minimum absolute atomic E-state index is 0.0677. The van der Waals surface area contributed by atoms with Crippen LogP contribution in [0.15, 0.2) is 18.3 Å². The molecule has 3 heterocycles. The van der Waals surface area contributed by atoms with Gasteiger partial charge >= 0.3 is 0 Å². The molecule has 0 spiro atoms. The molecule has 7 heteroatoms. The number of likely N-dealkylation sites (tertiary alicyclic amines) is 1. The normalized spacial score (nSPS) is 21.2. The summed E-state index contributed by atoms with van der Waals surface area (Å²) in [5.74, 6) is -0.269. The quantitative estimate of drug-likeness (QED) is 0.870. The second kappa shape index (κ2) is 9.48. The van der Waals surface area contributed by atoms with Crippen molar-refractivity contribution >= 4 is 11.9 Å². The lowest BCUT2D eigenvalue weighted by Gasteiger charge is -2.29. The number of piperidine rings is 1. The van der Waals surface area contributed by atoms with Crippen LogP contribution in [-0.4, -0.2) is 78.2 Å². The van der Waals surface area contributed by atoms with E-state index in [2.05, 4.69) is 16.9 Å². The van der Waals surface area contributed by atoms with Crippen molar-refractivity contribution in [2.75, 3.05) is 46.4 Å². The van der Waals surface area contributed by atoms with Crippen molar-refractivity contribution in [3.05, 3.63) is 29.6 Å². The molecule has 2 aliphatic heterocycles. The summed E-state index contributed by atoms with van der Waals surface area (Å²) >= 11 is 0. The third-order valence-electron chi connectivity index (χ3n) is 4.37. The smallest absolute Gasteiger partial charge is 0.300 e. The van der Waals surface area contributed by atoms with E-state index in [1.807, 2.05) is 17.0 Å². The van der Waals surface area contributed by atoms with Crippen LogP contribution in [0.2, 0.25) is 0 Å². The molecule has 1 amide bonds. The molecular weight excluding hydrogens is 322 g/mol. The summed E-state index contributed by atoms with van der Waals surface area (Å²) in [6.45, 7) is 5.92. The number of hydrogen-bond acceptors (Lipinski definition) is 5. The van der Waals surface area contributed by atoms with Gasteiger partial charge in [0.25, 0.3) is 11.9 Å². The third kappa shape index (κ3) is 6.10. The number of hydrogen-bond donors (Lipinski definition) is 1. The van der Waals surface area contributed by atoms with Crippen LogP contribution in [0.4, 0.5) is 0 Å². The van der Waals surface area contributed by atoms with Crippen molar-refractivity contribution in [3.8, 4) is 0 Å². The van der Waals surface area contributed by atoms with E-state index in [0.717, 1.165) is 19.2 Å². The van der Waals surface area contributed by atoms with E-state index >= 15 is 0 Å². The molecule has 0 saturated carbocycles. The fraction of sp³-hybridized carbons (Fsp3) is 0.611. The van der Waals surface area contributed by atoms with Gasteiger partial charge in [-0.15, -0.1) is 0 Å². The highest BCUT2D eigenvalue weighted by atomic mass is 16.5. The third-order valence-corrected chi connectivity index (χ3v) is 4.37. The van der Waals surface area contributed by atoms with E-state index in [4.69, 9.17) is 14.6 Å². The maximum absolute atomic E-state index is 12.4. The molecule has 1 N–H and O–H groups in total. The minimum atomic E-state index is -0.833. The molecule has 1 unspecified atom stereocenters. The molecule has 25 heavy (non-hydrogen) atoms. The fourth-order valence-electron chi connectivity index (χ4n) is 3.13. The highest BCUT2D eigenvalue weighted by Gasteiger charge is 2.22. The SMILES string of the molecule is CC(=O)O.CN1CCCC(c2ccc(C(=O)N3CCOCC3)cn2)C1. The molecule has 2 aliphatic rings. The molecule has 1 atom stereocenters.